The van der Waals surface area contributed by atoms with Gasteiger partial charge in [0.15, 0.2) is 0 Å². The van der Waals surface area contributed by atoms with Crippen molar-refractivity contribution < 1.29 is 19.1 Å². The fourth-order valence-electron chi connectivity index (χ4n) is 2.45. The minimum Gasteiger partial charge on any atom is -0.396 e. The fourth-order valence-corrected chi connectivity index (χ4v) is 2.45. The molecule has 0 saturated carbocycles. The third-order valence-electron chi connectivity index (χ3n) is 3.88. The summed E-state index contributed by atoms with van der Waals surface area (Å²) in [7, 11) is 0. The van der Waals surface area contributed by atoms with Crippen LogP contribution >= 0.6 is 0 Å². The normalized spacial score (nSPS) is 11.6. The summed E-state index contributed by atoms with van der Waals surface area (Å²) in [5.74, 6) is -2.13. The predicted molar refractivity (Wildman–Crippen MR) is 93.4 cm³/mol. The molecule has 0 fully saturated rings. The standard InChI is InChI=1S/C19H21FN2O3/c1-13-15(20)9-5-10-16(13)21-18(24)19(25)22-17(11-6-12-23)14-7-3-2-4-8-14/h2-5,7-10,17,23H,6,11-12H2,1H3,(H,21,24)(H,22,25). The third kappa shape index (κ3) is 5.12. The number of benzene rings is 2. The Bertz CT molecular complexity index is 735. The molecule has 25 heavy (non-hydrogen) atoms. The molecule has 6 heteroatoms. The van der Waals surface area contributed by atoms with Crippen molar-refractivity contribution in [1.29, 1.82) is 0 Å². The second-order valence-electron chi connectivity index (χ2n) is 5.67. The minimum atomic E-state index is -0.862. The molecule has 0 aliphatic rings. The Kier molecular flexibility index (Phi) is 6.65. The van der Waals surface area contributed by atoms with Crippen molar-refractivity contribution in [1.82, 2.24) is 5.32 Å². The van der Waals surface area contributed by atoms with Crippen molar-refractivity contribution in [3.63, 3.8) is 0 Å². The summed E-state index contributed by atoms with van der Waals surface area (Å²) in [5, 5.41) is 14.1. The highest BCUT2D eigenvalue weighted by Gasteiger charge is 2.20. The zero-order valence-corrected chi connectivity index (χ0v) is 14.0. The number of rotatable bonds is 6. The van der Waals surface area contributed by atoms with Crippen molar-refractivity contribution in [2.45, 2.75) is 25.8 Å². The molecular weight excluding hydrogens is 323 g/mol. The lowest BCUT2D eigenvalue weighted by Crippen LogP contribution is -2.38. The van der Waals surface area contributed by atoms with E-state index in [2.05, 4.69) is 10.6 Å². The molecule has 0 bridgehead atoms. The molecule has 5 nitrogen and oxygen atoms in total. The molecule has 0 heterocycles. The number of nitrogens with one attached hydrogen (secondary N) is 2. The first-order chi connectivity index (χ1) is 12.0. The largest absolute Gasteiger partial charge is 0.396 e. The molecule has 0 saturated heterocycles. The van der Waals surface area contributed by atoms with Crippen molar-refractivity contribution in [2.24, 2.45) is 0 Å². The van der Waals surface area contributed by atoms with Crippen LogP contribution in [-0.2, 0) is 9.59 Å². The summed E-state index contributed by atoms with van der Waals surface area (Å²) in [4.78, 5) is 24.3. The van der Waals surface area contributed by atoms with Crippen LogP contribution in [0.1, 0.15) is 30.0 Å². The first kappa shape index (κ1) is 18.6. The number of aliphatic hydroxyl groups excluding tert-OH is 1. The Balaban J connectivity index is 2.06. The van der Waals surface area contributed by atoms with E-state index in [9.17, 15) is 14.0 Å². The quantitative estimate of drug-likeness (QED) is 0.705. The molecule has 2 rings (SSSR count). The van der Waals surface area contributed by atoms with Gasteiger partial charge in [0.2, 0.25) is 0 Å². The summed E-state index contributed by atoms with van der Waals surface area (Å²) >= 11 is 0. The van der Waals surface area contributed by atoms with E-state index < -0.39 is 17.6 Å². The smallest absolute Gasteiger partial charge is 0.313 e. The number of carbonyl (C=O) groups excluding carboxylic acids is 2. The summed E-state index contributed by atoms with van der Waals surface area (Å²) < 4.78 is 13.5. The lowest BCUT2D eigenvalue weighted by molar-refractivity contribution is -0.136. The summed E-state index contributed by atoms with van der Waals surface area (Å²) in [6.45, 7) is 1.52. The van der Waals surface area contributed by atoms with Gasteiger partial charge in [-0.1, -0.05) is 36.4 Å². The van der Waals surface area contributed by atoms with Crippen LogP contribution in [0.4, 0.5) is 10.1 Å². The van der Waals surface area contributed by atoms with E-state index in [1.54, 1.807) is 0 Å². The Morgan fingerprint density at radius 1 is 1.08 bits per heavy atom. The second kappa shape index (κ2) is 8.94. The van der Waals surface area contributed by atoms with Gasteiger partial charge in [-0.2, -0.15) is 0 Å². The van der Waals surface area contributed by atoms with Gasteiger partial charge in [0.05, 0.1) is 6.04 Å². The van der Waals surface area contributed by atoms with Gasteiger partial charge in [-0.25, -0.2) is 4.39 Å². The Morgan fingerprint density at radius 3 is 2.48 bits per heavy atom. The van der Waals surface area contributed by atoms with Crippen LogP contribution in [0.2, 0.25) is 0 Å². The van der Waals surface area contributed by atoms with Crippen LogP contribution in [0.15, 0.2) is 48.5 Å². The van der Waals surface area contributed by atoms with E-state index >= 15 is 0 Å². The lowest BCUT2D eigenvalue weighted by atomic mass is 10.0. The predicted octanol–water partition coefficient (Wildman–Crippen LogP) is 2.70. The highest BCUT2D eigenvalue weighted by atomic mass is 19.1. The summed E-state index contributed by atoms with van der Waals surface area (Å²) in [6, 6.07) is 13.1. The van der Waals surface area contributed by atoms with E-state index in [1.165, 1.54) is 25.1 Å². The lowest BCUT2D eigenvalue weighted by Gasteiger charge is -2.19. The van der Waals surface area contributed by atoms with Gasteiger partial charge >= 0.3 is 11.8 Å². The average Bonchev–Trinajstić information content (AvgIpc) is 2.63. The molecule has 0 aliphatic carbocycles. The highest BCUT2D eigenvalue weighted by Crippen LogP contribution is 2.19. The van der Waals surface area contributed by atoms with E-state index in [0.717, 1.165) is 5.56 Å². The van der Waals surface area contributed by atoms with Crippen LogP contribution in [0.5, 0.6) is 0 Å². The number of hydrogen-bond donors (Lipinski definition) is 3. The molecule has 3 N–H and O–H groups in total. The Labute approximate surface area is 145 Å². The molecular formula is C19H21FN2O3. The molecule has 1 unspecified atom stereocenters. The number of hydrogen-bond acceptors (Lipinski definition) is 3. The Hall–Kier alpha value is -2.73. The monoisotopic (exact) mass is 344 g/mol. The molecule has 132 valence electrons. The van der Waals surface area contributed by atoms with Crippen molar-refractivity contribution in [3.05, 3.63) is 65.5 Å². The maximum absolute atomic E-state index is 13.5. The first-order valence-corrected chi connectivity index (χ1v) is 8.05. The van der Waals surface area contributed by atoms with E-state index in [4.69, 9.17) is 5.11 Å². The highest BCUT2D eigenvalue weighted by molar-refractivity contribution is 6.39. The van der Waals surface area contributed by atoms with Crippen molar-refractivity contribution in [2.75, 3.05) is 11.9 Å². The zero-order valence-electron chi connectivity index (χ0n) is 14.0. The number of aliphatic hydroxyl groups is 1. The topological polar surface area (TPSA) is 78.4 Å². The van der Waals surface area contributed by atoms with E-state index in [1.807, 2.05) is 30.3 Å². The maximum Gasteiger partial charge on any atom is 0.313 e. The van der Waals surface area contributed by atoms with Gasteiger partial charge in [-0.3, -0.25) is 9.59 Å². The third-order valence-corrected chi connectivity index (χ3v) is 3.88. The molecule has 0 spiro atoms. The second-order valence-corrected chi connectivity index (χ2v) is 5.67. The molecule has 2 amide bonds. The van der Waals surface area contributed by atoms with Crippen LogP contribution in [0.3, 0.4) is 0 Å². The van der Waals surface area contributed by atoms with Crippen molar-refractivity contribution in [3.8, 4) is 0 Å². The van der Waals surface area contributed by atoms with Gasteiger partial charge in [0, 0.05) is 17.9 Å². The number of amides is 2. The Morgan fingerprint density at radius 2 is 1.80 bits per heavy atom. The maximum atomic E-state index is 13.5. The fraction of sp³-hybridized carbons (Fsp3) is 0.263. The van der Waals surface area contributed by atoms with Crippen LogP contribution in [-0.4, -0.2) is 23.5 Å². The van der Waals surface area contributed by atoms with Gasteiger partial charge in [0.25, 0.3) is 0 Å². The number of anilines is 1. The summed E-state index contributed by atoms with van der Waals surface area (Å²) in [5.41, 5.74) is 1.37. The van der Waals surface area contributed by atoms with Crippen LogP contribution in [0.25, 0.3) is 0 Å². The summed E-state index contributed by atoms with van der Waals surface area (Å²) in [6.07, 6.45) is 0.989. The van der Waals surface area contributed by atoms with Gasteiger partial charge in [-0.15, -0.1) is 0 Å². The average molecular weight is 344 g/mol. The van der Waals surface area contributed by atoms with E-state index in [-0.39, 0.29) is 23.9 Å². The van der Waals surface area contributed by atoms with Gasteiger partial charge in [0.1, 0.15) is 5.82 Å². The van der Waals surface area contributed by atoms with Crippen molar-refractivity contribution >= 4 is 17.5 Å². The minimum absolute atomic E-state index is 0.00606. The van der Waals surface area contributed by atoms with Gasteiger partial charge < -0.3 is 15.7 Å². The van der Waals surface area contributed by atoms with Crippen LogP contribution in [0, 0.1) is 12.7 Å². The molecule has 2 aromatic rings. The van der Waals surface area contributed by atoms with E-state index in [0.29, 0.717) is 12.8 Å². The first-order valence-electron chi connectivity index (χ1n) is 8.05. The molecule has 2 aromatic carbocycles. The number of halogens is 1. The molecule has 0 aliphatic heterocycles. The van der Waals surface area contributed by atoms with Gasteiger partial charge in [-0.05, 0) is 37.5 Å². The number of carbonyl (C=O) groups is 2. The molecule has 0 aromatic heterocycles. The molecule has 0 radical (unpaired) electrons. The van der Waals surface area contributed by atoms with Crippen LogP contribution < -0.4 is 10.6 Å². The molecule has 1 atom stereocenters. The zero-order chi connectivity index (χ0) is 18.2. The SMILES string of the molecule is Cc1c(F)cccc1NC(=O)C(=O)NC(CCCO)c1ccccc1.